The van der Waals surface area contributed by atoms with Crippen LogP contribution in [0.3, 0.4) is 0 Å². The number of thiophene rings is 1. The number of carbonyl (C=O) groups is 2. The van der Waals surface area contributed by atoms with Crippen molar-refractivity contribution >= 4 is 29.3 Å². The molecule has 1 aromatic carbocycles. The number of fused-ring (bicyclic) bond motifs is 1. The molecular weight excluding hydrogens is 322 g/mol. The molecular formula is C19H19NO3S. The summed E-state index contributed by atoms with van der Waals surface area (Å²) in [4.78, 5) is 24.7. The number of hydrogen-bond donors (Lipinski definition) is 1. The first kappa shape index (κ1) is 16.5. The first-order valence-corrected chi connectivity index (χ1v) is 8.86. The Morgan fingerprint density at radius 2 is 2.12 bits per heavy atom. The summed E-state index contributed by atoms with van der Waals surface area (Å²) in [6.07, 6.45) is 6.03. The third kappa shape index (κ3) is 4.32. The Hall–Kier alpha value is -2.40. The quantitative estimate of drug-likeness (QED) is 0.669. The fourth-order valence-corrected chi connectivity index (χ4v) is 3.48. The highest BCUT2D eigenvalue weighted by Crippen LogP contribution is 2.29. The van der Waals surface area contributed by atoms with Gasteiger partial charge < -0.3 is 10.1 Å². The fraction of sp³-hybridized carbons (Fsp3) is 0.263. The Morgan fingerprint density at radius 3 is 2.96 bits per heavy atom. The Morgan fingerprint density at radius 1 is 1.25 bits per heavy atom. The van der Waals surface area contributed by atoms with Gasteiger partial charge in [-0.3, -0.25) is 4.79 Å². The summed E-state index contributed by atoms with van der Waals surface area (Å²) in [5.74, 6) is -0.780. The number of hydrogen-bond acceptors (Lipinski definition) is 4. The summed E-state index contributed by atoms with van der Waals surface area (Å²) in [6.45, 7) is -0.258. The van der Waals surface area contributed by atoms with E-state index in [0.29, 0.717) is 0 Å². The Balaban J connectivity index is 1.49. The van der Waals surface area contributed by atoms with Crippen molar-refractivity contribution in [1.82, 2.24) is 5.32 Å². The van der Waals surface area contributed by atoms with Gasteiger partial charge in [0, 0.05) is 11.0 Å². The lowest BCUT2D eigenvalue weighted by molar-refractivity contribution is -0.144. The van der Waals surface area contributed by atoms with E-state index < -0.39 is 5.97 Å². The van der Waals surface area contributed by atoms with Crippen LogP contribution in [0.15, 0.2) is 47.9 Å². The first-order valence-electron chi connectivity index (χ1n) is 7.98. The molecule has 0 saturated carbocycles. The smallest absolute Gasteiger partial charge is 0.331 e. The standard InChI is InChI=1S/C19H19NO3S/c21-18(13-23-19(22)11-10-15-7-4-12-24-15)20-17-9-3-6-14-5-1-2-8-16(14)17/h1-2,4-5,7-8,10-12,17H,3,6,9,13H2,(H,20,21)/b11-10+/t17-/m0/s1. The molecule has 5 heteroatoms. The lowest BCUT2D eigenvalue weighted by atomic mass is 9.88. The zero-order valence-corrected chi connectivity index (χ0v) is 14.1. The van der Waals surface area contributed by atoms with E-state index in [1.807, 2.05) is 29.6 Å². The molecule has 24 heavy (non-hydrogen) atoms. The van der Waals surface area contributed by atoms with Gasteiger partial charge in [0.1, 0.15) is 0 Å². The number of amides is 1. The van der Waals surface area contributed by atoms with E-state index >= 15 is 0 Å². The maximum absolute atomic E-state index is 12.0. The minimum Gasteiger partial charge on any atom is -0.452 e. The molecule has 0 radical (unpaired) electrons. The third-order valence-corrected chi connectivity index (χ3v) is 4.81. The summed E-state index contributed by atoms with van der Waals surface area (Å²) in [6, 6.07) is 12.0. The summed E-state index contributed by atoms with van der Waals surface area (Å²) >= 11 is 1.53. The highest BCUT2D eigenvalue weighted by Gasteiger charge is 2.21. The Bertz CT molecular complexity index is 737. The van der Waals surface area contributed by atoms with Crippen LogP contribution in [-0.2, 0) is 20.7 Å². The summed E-state index contributed by atoms with van der Waals surface area (Å²) in [5.41, 5.74) is 2.45. The van der Waals surface area contributed by atoms with Gasteiger partial charge in [-0.2, -0.15) is 0 Å². The average Bonchev–Trinajstić information content (AvgIpc) is 3.12. The van der Waals surface area contributed by atoms with E-state index in [0.717, 1.165) is 24.1 Å². The van der Waals surface area contributed by atoms with Crippen LogP contribution < -0.4 is 5.32 Å². The molecule has 0 spiro atoms. The van der Waals surface area contributed by atoms with Gasteiger partial charge in [0.25, 0.3) is 5.91 Å². The SMILES string of the molecule is O=C(COC(=O)/C=C/c1cccs1)N[C@H]1CCCc2ccccc21. The van der Waals surface area contributed by atoms with E-state index in [9.17, 15) is 9.59 Å². The number of esters is 1. The molecule has 0 fully saturated rings. The topological polar surface area (TPSA) is 55.4 Å². The van der Waals surface area contributed by atoms with Crippen LogP contribution in [0.5, 0.6) is 0 Å². The van der Waals surface area contributed by atoms with E-state index in [4.69, 9.17) is 4.74 Å². The van der Waals surface area contributed by atoms with Crippen LogP contribution in [0.1, 0.15) is 34.9 Å². The zero-order chi connectivity index (χ0) is 16.8. The number of aryl methyl sites for hydroxylation is 1. The van der Waals surface area contributed by atoms with E-state index in [2.05, 4.69) is 17.4 Å². The molecule has 1 amide bonds. The molecule has 4 nitrogen and oxygen atoms in total. The van der Waals surface area contributed by atoms with Gasteiger partial charge in [-0.1, -0.05) is 30.3 Å². The normalized spacial score (nSPS) is 16.6. The van der Waals surface area contributed by atoms with Crippen LogP contribution in [0, 0.1) is 0 Å². The van der Waals surface area contributed by atoms with Crippen LogP contribution in [0.25, 0.3) is 6.08 Å². The van der Waals surface area contributed by atoms with Crippen molar-refractivity contribution in [3.8, 4) is 0 Å². The molecule has 1 aliphatic carbocycles. The number of nitrogens with one attached hydrogen (secondary N) is 1. The van der Waals surface area contributed by atoms with Gasteiger partial charge in [0.15, 0.2) is 6.61 Å². The molecule has 0 bridgehead atoms. The molecule has 0 aliphatic heterocycles. The molecule has 1 N–H and O–H groups in total. The van der Waals surface area contributed by atoms with Crippen LogP contribution in [-0.4, -0.2) is 18.5 Å². The van der Waals surface area contributed by atoms with Crippen molar-refractivity contribution in [2.45, 2.75) is 25.3 Å². The second-order valence-corrected chi connectivity index (χ2v) is 6.65. The predicted octanol–water partition coefficient (Wildman–Crippen LogP) is 3.50. The largest absolute Gasteiger partial charge is 0.452 e. The maximum Gasteiger partial charge on any atom is 0.331 e. The van der Waals surface area contributed by atoms with Crippen molar-refractivity contribution < 1.29 is 14.3 Å². The van der Waals surface area contributed by atoms with E-state index in [1.165, 1.54) is 28.5 Å². The highest BCUT2D eigenvalue weighted by molar-refractivity contribution is 7.10. The number of benzene rings is 1. The summed E-state index contributed by atoms with van der Waals surface area (Å²) in [5, 5.41) is 4.89. The van der Waals surface area contributed by atoms with Crippen LogP contribution in [0.2, 0.25) is 0 Å². The number of rotatable bonds is 5. The number of carbonyl (C=O) groups excluding carboxylic acids is 2. The lowest BCUT2D eigenvalue weighted by Crippen LogP contribution is -2.34. The second kappa shape index (κ2) is 7.93. The van der Waals surface area contributed by atoms with Gasteiger partial charge in [-0.15, -0.1) is 11.3 Å². The molecule has 1 atom stereocenters. The lowest BCUT2D eigenvalue weighted by Gasteiger charge is -2.26. The van der Waals surface area contributed by atoms with Crippen molar-refractivity contribution in [2.75, 3.05) is 6.61 Å². The van der Waals surface area contributed by atoms with Crippen molar-refractivity contribution in [3.05, 3.63) is 63.9 Å². The van der Waals surface area contributed by atoms with E-state index in [-0.39, 0.29) is 18.6 Å². The molecule has 1 aliphatic rings. The van der Waals surface area contributed by atoms with Gasteiger partial charge in [-0.05, 0) is 47.9 Å². The molecule has 3 rings (SSSR count). The van der Waals surface area contributed by atoms with Gasteiger partial charge >= 0.3 is 5.97 Å². The third-order valence-electron chi connectivity index (χ3n) is 3.98. The minimum absolute atomic E-state index is 0.00260. The molecule has 1 heterocycles. The average molecular weight is 341 g/mol. The summed E-state index contributed by atoms with van der Waals surface area (Å²) in [7, 11) is 0. The van der Waals surface area contributed by atoms with Crippen molar-refractivity contribution in [2.24, 2.45) is 0 Å². The summed E-state index contributed by atoms with van der Waals surface area (Å²) < 4.78 is 5.00. The Labute approximate surface area is 145 Å². The van der Waals surface area contributed by atoms with E-state index in [1.54, 1.807) is 6.08 Å². The van der Waals surface area contributed by atoms with Gasteiger partial charge in [0.05, 0.1) is 6.04 Å². The van der Waals surface area contributed by atoms with Crippen molar-refractivity contribution in [1.29, 1.82) is 0 Å². The molecule has 1 aromatic heterocycles. The van der Waals surface area contributed by atoms with Gasteiger partial charge in [0.2, 0.25) is 0 Å². The maximum atomic E-state index is 12.0. The highest BCUT2D eigenvalue weighted by atomic mass is 32.1. The number of ether oxygens (including phenoxy) is 1. The van der Waals surface area contributed by atoms with Crippen molar-refractivity contribution in [3.63, 3.8) is 0 Å². The van der Waals surface area contributed by atoms with Crippen LogP contribution >= 0.6 is 11.3 Å². The molecule has 2 aromatic rings. The first-order chi connectivity index (χ1) is 11.7. The minimum atomic E-state index is -0.511. The zero-order valence-electron chi connectivity index (χ0n) is 13.2. The fourth-order valence-electron chi connectivity index (χ4n) is 2.86. The van der Waals surface area contributed by atoms with Gasteiger partial charge in [-0.25, -0.2) is 4.79 Å². The predicted molar refractivity (Wildman–Crippen MR) is 94.6 cm³/mol. The monoisotopic (exact) mass is 341 g/mol. The second-order valence-electron chi connectivity index (χ2n) is 5.67. The molecule has 0 unspecified atom stereocenters. The molecule has 0 saturated heterocycles. The molecule has 124 valence electrons. The Kier molecular flexibility index (Phi) is 5.43. The van der Waals surface area contributed by atoms with Crippen LogP contribution in [0.4, 0.5) is 0 Å².